The summed E-state index contributed by atoms with van der Waals surface area (Å²) >= 11 is 0. The maximum Gasteiger partial charge on any atom is 0.251 e. The number of rotatable bonds is 7. The number of fused-ring (bicyclic) bond motifs is 1. The minimum Gasteiger partial charge on any atom is -0.357 e. The molecule has 6 heteroatoms. The second-order valence-corrected chi connectivity index (χ2v) is 6.64. The maximum absolute atomic E-state index is 11.8. The number of nitrogens with zero attached hydrogens (tertiary/aromatic N) is 2. The van der Waals surface area contributed by atoms with E-state index in [1.165, 1.54) is 0 Å². The van der Waals surface area contributed by atoms with Gasteiger partial charge in [-0.15, -0.1) is 0 Å². The lowest BCUT2D eigenvalue weighted by Crippen LogP contribution is -2.38. The van der Waals surface area contributed by atoms with Crippen LogP contribution in [0.3, 0.4) is 0 Å². The van der Waals surface area contributed by atoms with Gasteiger partial charge in [0.05, 0.1) is 12.1 Å². The first kappa shape index (κ1) is 20.3. The lowest BCUT2D eigenvalue weighted by atomic mass is 10.1. The van der Waals surface area contributed by atoms with Gasteiger partial charge >= 0.3 is 0 Å². The molecule has 0 radical (unpaired) electrons. The van der Waals surface area contributed by atoms with Crippen LogP contribution in [-0.4, -0.2) is 37.0 Å². The minimum atomic E-state index is -0.0709. The Labute approximate surface area is 171 Å². The van der Waals surface area contributed by atoms with Crippen LogP contribution < -0.4 is 16.0 Å². The summed E-state index contributed by atoms with van der Waals surface area (Å²) in [5.41, 5.74) is 3.86. The second-order valence-electron chi connectivity index (χ2n) is 6.64. The quantitative estimate of drug-likeness (QED) is 0.429. The van der Waals surface area contributed by atoms with E-state index in [4.69, 9.17) is 4.99 Å². The van der Waals surface area contributed by atoms with Gasteiger partial charge in [-0.05, 0) is 42.7 Å². The summed E-state index contributed by atoms with van der Waals surface area (Å²) in [4.78, 5) is 21.0. The number of pyridine rings is 1. The molecule has 2 aromatic carbocycles. The number of aliphatic imine (C=N–C) groups is 1. The molecule has 0 unspecified atom stereocenters. The highest BCUT2D eigenvalue weighted by Gasteiger charge is 2.05. The number of amides is 1. The summed E-state index contributed by atoms with van der Waals surface area (Å²) in [5, 5.41) is 10.4. The molecule has 3 aromatic rings. The van der Waals surface area contributed by atoms with E-state index in [9.17, 15) is 4.79 Å². The number of hydrogen-bond donors (Lipinski definition) is 3. The van der Waals surface area contributed by atoms with Gasteiger partial charge in [0.15, 0.2) is 5.96 Å². The number of nitrogens with one attached hydrogen (secondary N) is 3. The average molecular weight is 390 g/mol. The molecule has 1 aromatic heterocycles. The van der Waals surface area contributed by atoms with Crippen molar-refractivity contribution < 1.29 is 4.79 Å². The maximum atomic E-state index is 11.8. The molecule has 1 heterocycles. The predicted molar refractivity (Wildman–Crippen MR) is 118 cm³/mol. The van der Waals surface area contributed by atoms with Crippen LogP contribution in [0.5, 0.6) is 0 Å². The molecule has 0 aliphatic rings. The summed E-state index contributed by atoms with van der Waals surface area (Å²) in [6.45, 7) is 4.10. The standard InChI is InChI=1S/C23H27N5O/c1-3-25-23(27-14-12-17-7-4-9-19(15-17)22(29)24-2)28-16-20-10-5-8-18-11-6-13-26-21(18)20/h4-11,13,15H,3,12,14,16H2,1-2H3,(H,24,29)(H2,25,27,28). The Bertz CT molecular complexity index is 994. The van der Waals surface area contributed by atoms with Crippen molar-refractivity contribution in [2.75, 3.05) is 20.1 Å². The highest BCUT2D eigenvalue weighted by Crippen LogP contribution is 2.16. The molecule has 6 nitrogen and oxygen atoms in total. The van der Waals surface area contributed by atoms with Crippen LogP contribution in [0.4, 0.5) is 0 Å². The Kier molecular flexibility index (Phi) is 7.16. The monoisotopic (exact) mass is 389 g/mol. The molecular weight excluding hydrogens is 362 g/mol. The first-order valence-electron chi connectivity index (χ1n) is 9.87. The van der Waals surface area contributed by atoms with Crippen LogP contribution in [-0.2, 0) is 13.0 Å². The van der Waals surface area contributed by atoms with Crippen molar-refractivity contribution in [1.29, 1.82) is 0 Å². The Morgan fingerprint density at radius 2 is 1.90 bits per heavy atom. The summed E-state index contributed by atoms with van der Waals surface area (Å²) < 4.78 is 0. The molecule has 0 bridgehead atoms. The lowest BCUT2D eigenvalue weighted by molar-refractivity contribution is 0.0963. The number of hydrogen-bond acceptors (Lipinski definition) is 3. The van der Waals surface area contributed by atoms with Gasteiger partial charge < -0.3 is 16.0 Å². The third-order valence-corrected chi connectivity index (χ3v) is 4.59. The van der Waals surface area contributed by atoms with Crippen molar-refractivity contribution in [3.63, 3.8) is 0 Å². The van der Waals surface area contributed by atoms with Gasteiger partial charge in [0.2, 0.25) is 0 Å². The van der Waals surface area contributed by atoms with E-state index in [0.717, 1.165) is 47.5 Å². The molecule has 0 saturated carbocycles. The van der Waals surface area contributed by atoms with Gasteiger partial charge in [0.1, 0.15) is 0 Å². The van der Waals surface area contributed by atoms with Gasteiger partial charge in [-0.3, -0.25) is 9.78 Å². The molecule has 29 heavy (non-hydrogen) atoms. The van der Waals surface area contributed by atoms with E-state index >= 15 is 0 Å². The normalized spacial score (nSPS) is 11.3. The zero-order chi connectivity index (χ0) is 20.5. The second kappa shape index (κ2) is 10.2. The molecule has 3 N–H and O–H groups in total. The molecular formula is C23H27N5O. The number of benzene rings is 2. The summed E-state index contributed by atoms with van der Waals surface area (Å²) in [5.74, 6) is 0.696. The fourth-order valence-corrected chi connectivity index (χ4v) is 3.14. The Balaban J connectivity index is 1.63. The van der Waals surface area contributed by atoms with Gasteiger partial charge in [0.25, 0.3) is 5.91 Å². The molecule has 0 atom stereocenters. The van der Waals surface area contributed by atoms with E-state index in [-0.39, 0.29) is 5.91 Å². The number of carbonyl (C=O) groups is 1. The third-order valence-electron chi connectivity index (χ3n) is 4.59. The Morgan fingerprint density at radius 3 is 2.72 bits per heavy atom. The van der Waals surface area contributed by atoms with Gasteiger partial charge in [0, 0.05) is 37.3 Å². The smallest absolute Gasteiger partial charge is 0.251 e. The molecule has 0 spiro atoms. The topological polar surface area (TPSA) is 78.4 Å². The fourth-order valence-electron chi connectivity index (χ4n) is 3.14. The average Bonchev–Trinajstić information content (AvgIpc) is 2.77. The van der Waals surface area contributed by atoms with Crippen molar-refractivity contribution in [3.05, 3.63) is 77.5 Å². The fraction of sp³-hybridized carbons (Fsp3) is 0.261. The van der Waals surface area contributed by atoms with E-state index in [0.29, 0.717) is 12.1 Å². The largest absolute Gasteiger partial charge is 0.357 e. The number of guanidine groups is 1. The minimum absolute atomic E-state index is 0.0709. The highest BCUT2D eigenvalue weighted by atomic mass is 16.1. The molecule has 3 rings (SSSR count). The molecule has 0 fully saturated rings. The first-order valence-corrected chi connectivity index (χ1v) is 9.87. The lowest BCUT2D eigenvalue weighted by Gasteiger charge is -2.12. The van der Waals surface area contributed by atoms with E-state index in [1.54, 1.807) is 7.05 Å². The molecule has 0 aliphatic heterocycles. The van der Waals surface area contributed by atoms with Gasteiger partial charge in [-0.25, -0.2) is 4.99 Å². The van der Waals surface area contributed by atoms with Crippen LogP contribution in [0.25, 0.3) is 10.9 Å². The zero-order valence-electron chi connectivity index (χ0n) is 16.9. The summed E-state index contributed by atoms with van der Waals surface area (Å²) in [6.07, 6.45) is 2.61. The highest BCUT2D eigenvalue weighted by molar-refractivity contribution is 5.94. The Morgan fingerprint density at radius 1 is 1.07 bits per heavy atom. The summed E-state index contributed by atoms with van der Waals surface area (Å²) in [7, 11) is 1.64. The SMILES string of the molecule is CCNC(=NCc1cccc2cccnc12)NCCc1cccc(C(=O)NC)c1. The van der Waals surface area contributed by atoms with Gasteiger partial charge in [-0.2, -0.15) is 0 Å². The van der Waals surface area contributed by atoms with E-state index in [1.807, 2.05) is 49.5 Å². The van der Waals surface area contributed by atoms with Gasteiger partial charge in [-0.1, -0.05) is 36.4 Å². The molecule has 1 amide bonds. The zero-order valence-corrected chi connectivity index (χ0v) is 16.9. The number of para-hydroxylation sites is 1. The van der Waals surface area contributed by atoms with E-state index < -0.39 is 0 Å². The van der Waals surface area contributed by atoms with Crippen molar-refractivity contribution in [3.8, 4) is 0 Å². The van der Waals surface area contributed by atoms with Crippen LogP contribution >= 0.6 is 0 Å². The van der Waals surface area contributed by atoms with Crippen molar-refractivity contribution in [2.45, 2.75) is 19.9 Å². The third kappa shape index (κ3) is 5.54. The van der Waals surface area contributed by atoms with Crippen LogP contribution in [0.1, 0.15) is 28.4 Å². The summed E-state index contributed by atoms with van der Waals surface area (Å²) in [6, 6.07) is 17.8. The van der Waals surface area contributed by atoms with Crippen molar-refractivity contribution in [2.24, 2.45) is 4.99 Å². The van der Waals surface area contributed by atoms with Crippen LogP contribution in [0.2, 0.25) is 0 Å². The molecule has 150 valence electrons. The molecule has 0 aliphatic carbocycles. The predicted octanol–water partition coefficient (Wildman–Crippen LogP) is 2.89. The van der Waals surface area contributed by atoms with Crippen LogP contribution in [0, 0.1) is 0 Å². The Hall–Kier alpha value is -3.41. The van der Waals surface area contributed by atoms with E-state index in [2.05, 4.69) is 39.1 Å². The van der Waals surface area contributed by atoms with Crippen LogP contribution in [0.15, 0.2) is 65.8 Å². The van der Waals surface area contributed by atoms with Crippen molar-refractivity contribution >= 4 is 22.8 Å². The van der Waals surface area contributed by atoms with Crippen molar-refractivity contribution in [1.82, 2.24) is 20.9 Å². The molecule has 0 saturated heterocycles. The first-order chi connectivity index (χ1) is 14.2. The number of aromatic nitrogens is 1. The number of carbonyl (C=O) groups excluding carboxylic acids is 1.